The summed E-state index contributed by atoms with van der Waals surface area (Å²) in [4.78, 5) is 22.4. The summed E-state index contributed by atoms with van der Waals surface area (Å²) < 4.78 is 21.1. The molecule has 2 heterocycles. The summed E-state index contributed by atoms with van der Waals surface area (Å²) in [6.07, 6.45) is 7.21. The van der Waals surface area contributed by atoms with Gasteiger partial charge >= 0.3 is 0 Å². The number of aromatic nitrogens is 4. The first-order chi connectivity index (χ1) is 16.9. The minimum atomic E-state index is -0.613. The molecule has 0 unspecified atom stereocenters. The van der Waals surface area contributed by atoms with Crippen molar-refractivity contribution >= 4 is 16.8 Å². The second-order valence-electron chi connectivity index (χ2n) is 9.00. The van der Waals surface area contributed by atoms with Crippen molar-refractivity contribution in [3.8, 4) is 5.75 Å². The largest absolute Gasteiger partial charge is 0.494 e. The maximum Gasteiger partial charge on any atom is 0.252 e. The SMILES string of the molecule is COc1ccc([C@H](NC(=O)c2ccc3cnc(CC4CC(O)C4)nc3c2)c2cnn(C)c2)cc1F. The molecule has 1 aliphatic carbocycles. The summed E-state index contributed by atoms with van der Waals surface area (Å²) in [5.74, 6) is 0.390. The molecule has 1 atom stereocenters. The van der Waals surface area contributed by atoms with Crippen LogP contribution in [0.15, 0.2) is 55.0 Å². The van der Waals surface area contributed by atoms with Crippen LogP contribution in [0.1, 0.15) is 46.2 Å². The highest BCUT2D eigenvalue weighted by Gasteiger charge is 2.28. The number of methoxy groups -OCH3 is 1. The normalized spacial score (nSPS) is 18.2. The average molecular weight is 476 g/mol. The molecule has 1 saturated carbocycles. The molecule has 2 N–H and O–H groups in total. The first kappa shape index (κ1) is 22.9. The summed E-state index contributed by atoms with van der Waals surface area (Å²) in [6, 6.07) is 9.27. The fourth-order valence-corrected chi connectivity index (χ4v) is 4.45. The number of hydrogen-bond donors (Lipinski definition) is 2. The molecule has 2 aromatic carbocycles. The van der Waals surface area contributed by atoms with E-state index in [1.165, 1.54) is 19.2 Å². The molecule has 1 aliphatic rings. The number of nitrogens with one attached hydrogen (secondary N) is 1. The van der Waals surface area contributed by atoms with Crippen LogP contribution in [0.4, 0.5) is 4.39 Å². The van der Waals surface area contributed by atoms with Gasteiger partial charge in [-0.15, -0.1) is 0 Å². The Labute approximate surface area is 201 Å². The van der Waals surface area contributed by atoms with Crippen LogP contribution in [0.25, 0.3) is 10.9 Å². The van der Waals surface area contributed by atoms with Gasteiger partial charge in [-0.3, -0.25) is 9.48 Å². The van der Waals surface area contributed by atoms with Crippen LogP contribution in [-0.4, -0.2) is 44.0 Å². The van der Waals surface area contributed by atoms with Crippen molar-refractivity contribution in [3.05, 3.63) is 83.3 Å². The number of aryl methyl sites for hydroxylation is 1. The van der Waals surface area contributed by atoms with Crippen LogP contribution >= 0.6 is 0 Å². The highest BCUT2D eigenvalue weighted by atomic mass is 19.1. The highest BCUT2D eigenvalue weighted by molar-refractivity contribution is 5.98. The fourth-order valence-electron chi connectivity index (χ4n) is 4.45. The van der Waals surface area contributed by atoms with Crippen LogP contribution in [0.2, 0.25) is 0 Å². The lowest BCUT2D eigenvalue weighted by Crippen LogP contribution is -2.30. The van der Waals surface area contributed by atoms with Crippen LogP contribution in [0, 0.1) is 11.7 Å². The van der Waals surface area contributed by atoms with Gasteiger partial charge in [0.2, 0.25) is 0 Å². The van der Waals surface area contributed by atoms with E-state index in [4.69, 9.17) is 4.74 Å². The Bertz CT molecular complexity index is 1380. The van der Waals surface area contributed by atoms with Gasteiger partial charge in [0.1, 0.15) is 5.82 Å². The number of rotatable bonds is 7. The van der Waals surface area contributed by atoms with Gasteiger partial charge < -0.3 is 15.2 Å². The summed E-state index contributed by atoms with van der Waals surface area (Å²) >= 11 is 0. The molecule has 1 amide bonds. The molecular formula is C26H26FN5O3. The van der Waals surface area contributed by atoms with Gasteiger partial charge in [0.15, 0.2) is 11.6 Å². The molecule has 1 fully saturated rings. The van der Waals surface area contributed by atoms with E-state index in [1.54, 1.807) is 48.5 Å². The van der Waals surface area contributed by atoms with Crippen molar-refractivity contribution in [2.45, 2.75) is 31.4 Å². The van der Waals surface area contributed by atoms with Crippen LogP contribution in [-0.2, 0) is 13.5 Å². The number of ether oxygens (including phenoxy) is 1. The monoisotopic (exact) mass is 475 g/mol. The molecule has 0 spiro atoms. The Kier molecular flexibility index (Phi) is 6.17. The van der Waals surface area contributed by atoms with Crippen LogP contribution < -0.4 is 10.1 Å². The number of carbonyl (C=O) groups excluding carboxylic acids is 1. The van der Waals surface area contributed by atoms with E-state index in [0.717, 1.165) is 23.8 Å². The van der Waals surface area contributed by atoms with Crippen molar-refractivity contribution in [1.29, 1.82) is 0 Å². The van der Waals surface area contributed by atoms with Gasteiger partial charge in [-0.25, -0.2) is 14.4 Å². The van der Waals surface area contributed by atoms with E-state index < -0.39 is 11.9 Å². The van der Waals surface area contributed by atoms with Gasteiger partial charge in [-0.05, 0) is 48.6 Å². The third-order valence-electron chi connectivity index (χ3n) is 6.42. The molecule has 0 aliphatic heterocycles. The smallest absolute Gasteiger partial charge is 0.252 e. The summed E-state index contributed by atoms with van der Waals surface area (Å²) in [6.45, 7) is 0. The topological polar surface area (TPSA) is 102 Å². The lowest BCUT2D eigenvalue weighted by atomic mass is 9.80. The van der Waals surface area contributed by atoms with Crippen molar-refractivity contribution in [3.63, 3.8) is 0 Å². The number of aliphatic hydroxyl groups excluding tert-OH is 1. The van der Waals surface area contributed by atoms with E-state index in [1.807, 2.05) is 6.07 Å². The number of hydrogen-bond acceptors (Lipinski definition) is 6. The third-order valence-corrected chi connectivity index (χ3v) is 6.42. The van der Waals surface area contributed by atoms with Crippen molar-refractivity contribution in [2.75, 3.05) is 7.11 Å². The lowest BCUT2D eigenvalue weighted by Gasteiger charge is -2.30. The Balaban J connectivity index is 1.41. The molecule has 0 bridgehead atoms. The molecule has 9 heteroatoms. The highest BCUT2D eigenvalue weighted by Crippen LogP contribution is 2.30. The number of carbonyl (C=O) groups is 1. The Hall–Kier alpha value is -3.85. The molecular weight excluding hydrogens is 449 g/mol. The lowest BCUT2D eigenvalue weighted by molar-refractivity contribution is 0.0424. The van der Waals surface area contributed by atoms with Gasteiger partial charge in [-0.1, -0.05) is 12.1 Å². The summed E-state index contributed by atoms with van der Waals surface area (Å²) in [5, 5.41) is 17.6. The van der Waals surface area contributed by atoms with Crippen LogP contribution in [0.5, 0.6) is 5.75 Å². The number of nitrogens with zero attached hydrogens (tertiary/aromatic N) is 4. The fraction of sp³-hybridized carbons (Fsp3) is 0.308. The van der Waals surface area contributed by atoms with E-state index in [0.29, 0.717) is 34.8 Å². The number of amides is 1. The van der Waals surface area contributed by atoms with E-state index in [2.05, 4.69) is 20.4 Å². The maximum absolute atomic E-state index is 14.5. The molecule has 4 aromatic rings. The first-order valence-corrected chi connectivity index (χ1v) is 11.5. The zero-order valence-electron chi connectivity index (χ0n) is 19.5. The Morgan fingerprint density at radius 3 is 2.74 bits per heavy atom. The Morgan fingerprint density at radius 1 is 1.23 bits per heavy atom. The van der Waals surface area contributed by atoms with E-state index in [9.17, 15) is 14.3 Å². The van der Waals surface area contributed by atoms with Gasteiger partial charge in [0, 0.05) is 42.4 Å². The molecule has 0 saturated heterocycles. The van der Waals surface area contributed by atoms with E-state index >= 15 is 0 Å². The van der Waals surface area contributed by atoms with Gasteiger partial charge in [-0.2, -0.15) is 5.10 Å². The van der Waals surface area contributed by atoms with E-state index in [-0.39, 0.29) is 17.8 Å². The Morgan fingerprint density at radius 2 is 2.06 bits per heavy atom. The number of halogens is 1. The number of benzene rings is 2. The second kappa shape index (κ2) is 9.42. The summed E-state index contributed by atoms with van der Waals surface area (Å²) in [7, 11) is 3.19. The molecule has 8 nitrogen and oxygen atoms in total. The molecule has 180 valence electrons. The van der Waals surface area contributed by atoms with Gasteiger partial charge in [0.05, 0.1) is 31.0 Å². The minimum absolute atomic E-state index is 0.131. The second-order valence-corrected chi connectivity index (χ2v) is 9.00. The molecule has 35 heavy (non-hydrogen) atoms. The van der Waals surface area contributed by atoms with Crippen molar-refractivity contribution in [2.24, 2.45) is 13.0 Å². The number of fused-ring (bicyclic) bond motifs is 1. The first-order valence-electron chi connectivity index (χ1n) is 11.5. The van der Waals surface area contributed by atoms with Crippen molar-refractivity contribution in [1.82, 2.24) is 25.1 Å². The molecule has 2 aromatic heterocycles. The third kappa shape index (κ3) is 4.85. The van der Waals surface area contributed by atoms with Crippen molar-refractivity contribution < 1.29 is 19.0 Å². The number of aliphatic hydroxyl groups is 1. The molecule has 0 radical (unpaired) electrons. The predicted octanol–water partition coefficient (Wildman–Crippen LogP) is 3.34. The van der Waals surface area contributed by atoms with Crippen LogP contribution in [0.3, 0.4) is 0 Å². The van der Waals surface area contributed by atoms with Gasteiger partial charge in [0.25, 0.3) is 5.91 Å². The minimum Gasteiger partial charge on any atom is -0.494 e. The predicted molar refractivity (Wildman–Crippen MR) is 127 cm³/mol. The zero-order valence-corrected chi connectivity index (χ0v) is 19.5. The molecule has 5 rings (SSSR count). The zero-order chi connectivity index (χ0) is 24.5. The standard InChI is InChI=1S/C26H26FN5O3/c1-32-14-19(13-29-32)25(16-5-6-23(35-2)21(27)10-16)31-26(34)17-3-4-18-12-28-24(30-22(18)11-17)9-15-7-20(33)8-15/h3-6,10-15,20,25,33H,7-9H2,1-2H3,(H,31,34)/t15?,20?,25-/m0/s1. The quantitative estimate of drug-likeness (QED) is 0.425. The average Bonchev–Trinajstić information content (AvgIpc) is 3.26. The maximum atomic E-state index is 14.5. The summed E-state index contributed by atoms with van der Waals surface area (Å²) in [5.41, 5.74) is 2.40.